The third-order valence-electron chi connectivity index (χ3n) is 9.19. The Morgan fingerprint density at radius 2 is 1.56 bits per heavy atom. The molecule has 2 aliphatic rings. The number of hydrogen-bond donors (Lipinski definition) is 1. The zero-order chi connectivity index (χ0) is 28.4. The smallest absolute Gasteiger partial charge is 0.324 e. The Balaban J connectivity index is 1.78. The number of ether oxygens (including phenoxy) is 2. The van der Waals surface area contributed by atoms with Gasteiger partial charge in [0.15, 0.2) is 34.3 Å². The van der Waals surface area contributed by atoms with Gasteiger partial charge in [-0.05, 0) is 36.3 Å². The van der Waals surface area contributed by atoms with E-state index in [1.54, 1.807) is 6.33 Å². The first-order chi connectivity index (χ1) is 18.7. The standard InChI is InChI=1S/C26H46N6O5Si2/c1-8-38(9-2,10-3)36-21-19(15-31-14-18(31)26(33)34-7)35-25(22(21)37-39(11-4,12-5)13-6)32-17-30-20-23(27)28-16-29-24(20)32/h16-19,21-22,25H,8-15H2,1-7H3,(H2,27,28,29)/t18?,19-,21+,22?,25-,31?/m1/s1. The van der Waals surface area contributed by atoms with E-state index in [1.165, 1.54) is 13.4 Å². The summed E-state index contributed by atoms with van der Waals surface area (Å²) in [6.07, 6.45) is 1.76. The molecule has 3 unspecified atom stereocenters. The molecule has 0 aromatic carbocycles. The third-order valence-corrected chi connectivity index (χ3v) is 18.5. The van der Waals surface area contributed by atoms with Crippen molar-refractivity contribution in [3.63, 3.8) is 0 Å². The van der Waals surface area contributed by atoms with Gasteiger partial charge in [-0.15, -0.1) is 0 Å². The van der Waals surface area contributed by atoms with Gasteiger partial charge in [0.05, 0.1) is 13.4 Å². The second-order valence-electron chi connectivity index (χ2n) is 10.8. The van der Waals surface area contributed by atoms with Gasteiger partial charge in [0, 0.05) is 13.1 Å². The van der Waals surface area contributed by atoms with Crippen molar-refractivity contribution in [2.75, 3.05) is 25.9 Å². The number of esters is 1. The summed E-state index contributed by atoms with van der Waals surface area (Å²) in [4.78, 5) is 27.5. The Kier molecular flexibility index (Phi) is 9.49. The second-order valence-corrected chi connectivity index (χ2v) is 20.2. The maximum atomic E-state index is 12.2. The summed E-state index contributed by atoms with van der Waals surface area (Å²) in [5, 5.41) is 0. The normalized spacial score (nSPS) is 27.3. The number of nitrogen functional groups attached to an aromatic ring is 1. The molecule has 2 N–H and O–H groups in total. The monoisotopic (exact) mass is 578 g/mol. The first-order valence-electron chi connectivity index (χ1n) is 14.5. The Morgan fingerprint density at radius 3 is 2.13 bits per heavy atom. The van der Waals surface area contributed by atoms with Crippen molar-refractivity contribution in [2.45, 2.75) is 108 Å². The van der Waals surface area contributed by atoms with E-state index in [4.69, 9.17) is 24.1 Å². The molecule has 39 heavy (non-hydrogen) atoms. The molecule has 2 aromatic heterocycles. The average Bonchev–Trinajstić information content (AvgIpc) is 3.48. The minimum atomic E-state index is -2.08. The van der Waals surface area contributed by atoms with E-state index in [0.717, 1.165) is 36.3 Å². The van der Waals surface area contributed by atoms with Crippen LogP contribution in [0.25, 0.3) is 11.2 Å². The number of carbonyl (C=O) groups excluding carboxylic acids is 1. The van der Waals surface area contributed by atoms with Crippen molar-refractivity contribution in [1.82, 2.24) is 24.4 Å². The van der Waals surface area contributed by atoms with Crippen LogP contribution in [0.1, 0.15) is 47.8 Å². The van der Waals surface area contributed by atoms with E-state index in [9.17, 15) is 4.79 Å². The predicted octanol–water partition coefficient (Wildman–Crippen LogP) is 3.94. The molecule has 13 heteroatoms. The zero-order valence-corrected chi connectivity index (χ0v) is 26.6. The lowest BCUT2D eigenvalue weighted by Gasteiger charge is -2.39. The summed E-state index contributed by atoms with van der Waals surface area (Å²) in [5.41, 5.74) is 7.29. The lowest BCUT2D eigenvalue weighted by Crippen LogP contribution is -2.52. The van der Waals surface area contributed by atoms with Crippen LogP contribution in [0.4, 0.5) is 5.82 Å². The minimum absolute atomic E-state index is 0.212. The summed E-state index contributed by atoms with van der Waals surface area (Å²) in [6.45, 7) is 14.6. The Morgan fingerprint density at radius 1 is 0.974 bits per heavy atom. The van der Waals surface area contributed by atoms with Crippen LogP contribution in [0, 0.1) is 0 Å². The van der Waals surface area contributed by atoms with Gasteiger partial charge in [0.2, 0.25) is 0 Å². The van der Waals surface area contributed by atoms with Gasteiger partial charge in [-0.3, -0.25) is 14.3 Å². The zero-order valence-electron chi connectivity index (χ0n) is 24.6. The lowest BCUT2D eigenvalue weighted by atomic mass is 10.1. The second kappa shape index (κ2) is 12.3. The van der Waals surface area contributed by atoms with Crippen LogP contribution in [0.2, 0.25) is 36.3 Å². The van der Waals surface area contributed by atoms with Crippen LogP contribution < -0.4 is 5.73 Å². The SMILES string of the molecule is CC[Si](CC)(CC)OC1[C@@H](O[Si](CC)(CC)CC)[C@@H](CN2CC2C(=O)OC)O[C@H]1n1cnc2c(N)ncnc21. The number of nitrogens with two attached hydrogens (primary N) is 1. The van der Waals surface area contributed by atoms with E-state index in [1.807, 2.05) is 4.57 Å². The van der Waals surface area contributed by atoms with Crippen molar-refractivity contribution in [2.24, 2.45) is 0 Å². The summed E-state index contributed by atoms with van der Waals surface area (Å²) >= 11 is 0. The molecular formula is C26H46N6O5Si2. The molecule has 11 nitrogen and oxygen atoms in total. The number of hydrogen-bond acceptors (Lipinski definition) is 10. The van der Waals surface area contributed by atoms with E-state index < -0.39 is 22.9 Å². The fourth-order valence-corrected chi connectivity index (χ4v) is 11.6. The first-order valence-corrected chi connectivity index (χ1v) is 19.6. The topological polar surface area (TPSA) is 127 Å². The molecule has 2 saturated heterocycles. The summed E-state index contributed by atoms with van der Waals surface area (Å²) < 4.78 is 28.3. The van der Waals surface area contributed by atoms with Crippen LogP contribution >= 0.6 is 0 Å². The summed E-state index contributed by atoms with van der Waals surface area (Å²) in [5.74, 6) is 0.119. The Hall–Kier alpha value is -1.91. The molecule has 2 fully saturated rings. The van der Waals surface area contributed by atoms with Gasteiger partial charge in [0.1, 0.15) is 36.2 Å². The molecule has 218 valence electrons. The van der Waals surface area contributed by atoms with Crippen LogP contribution in [-0.4, -0.2) is 91.6 Å². The number of carbonyl (C=O) groups is 1. The first kappa shape index (κ1) is 30.1. The quantitative estimate of drug-likeness (QED) is 0.200. The fourth-order valence-electron chi connectivity index (χ4n) is 5.95. The summed E-state index contributed by atoms with van der Waals surface area (Å²) in [7, 11) is -2.69. The number of methoxy groups -OCH3 is 1. The van der Waals surface area contributed by atoms with Gasteiger partial charge in [-0.1, -0.05) is 41.5 Å². The van der Waals surface area contributed by atoms with Crippen LogP contribution in [0.5, 0.6) is 0 Å². The molecule has 0 saturated carbocycles. The van der Waals surface area contributed by atoms with Crippen molar-refractivity contribution in [3.8, 4) is 0 Å². The van der Waals surface area contributed by atoms with Crippen molar-refractivity contribution >= 4 is 39.6 Å². The van der Waals surface area contributed by atoms with Crippen LogP contribution in [-0.2, 0) is 23.1 Å². The highest BCUT2D eigenvalue weighted by Crippen LogP contribution is 2.42. The predicted molar refractivity (Wildman–Crippen MR) is 155 cm³/mol. The molecule has 0 aliphatic carbocycles. The molecule has 4 heterocycles. The number of anilines is 1. The summed E-state index contributed by atoms with van der Waals surface area (Å²) in [6, 6.07) is 5.85. The maximum absolute atomic E-state index is 12.2. The van der Waals surface area contributed by atoms with Crippen molar-refractivity contribution in [1.29, 1.82) is 0 Å². The highest BCUT2D eigenvalue weighted by Gasteiger charge is 2.55. The molecular weight excluding hydrogens is 532 g/mol. The number of imidazole rings is 1. The largest absolute Gasteiger partial charge is 0.468 e. The molecule has 2 aliphatic heterocycles. The number of fused-ring (bicyclic) bond motifs is 1. The highest BCUT2D eigenvalue weighted by atomic mass is 28.4. The Labute approximate surface area is 234 Å². The molecule has 0 spiro atoms. The average molecular weight is 579 g/mol. The van der Waals surface area contributed by atoms with Gasteiger partial charge in [-0.2, -0.15) is 0 Å². The van der Waals surface area contributed by atoms with Crippen LogP contribution in [0.15, 0.2) is 12.7 Å². The van der Waals surface area contributed by atoms with Crippen molar-refractivity contribution < 1.29 is 23.1 Å². The minimum Gasteiger partial charge on any atom is -0.468 e. The fraction of sp³-hybridized carbons (Fsp3) is 0.769. The molecule has 0 amide bonds. The van der Waals surface area contributed by atoms with E-state index in [-0.39, 0.29) is 30.3 Å². The number of nitrogens with zero attached hydrogens (tertiary/aromatic N) is 5. The maximum Gasteiger partial charge on any atom is 0.324 e. The van der Waals surface area contributed by atoms with Gasteiger partial charge < -0.3 is 24.1 Å². The van der Waals surface area contributed by atoms with E-state index in [0.29, 0.717) is 30.1 Å². The molecule has 0 radical (unpaired) electrons. The number of aromatic nitrogens is 4. The van der Waals surface area contributed by atoms with Crippen LogP contribution in [0.3, 0.4) is 0 Å². The molecule has 2 aromatic rings. The van der Waals surface area contributed by atoms with Gasteiger partial charge in [0.25, 0.3) is 0 Å². The van der Waals surface area contributed by atoms with Gasteiger partial charge in [-0.25, -0.2) is 15.0 Å². The molecule has 6 atom stereocenters. The molecule has 0 bridgehead atoms. The molecule has 4 rings (SSSR count). The lowest BCUT2D eigenvalue weighted by molar-refractivity contribution is -0.141. The van der Waals surface area contributed by atoms with E-state index >= 15 is 0 Å². The van der Waals surface area contributed by atoms with Gasteiger partial charge >= 0.3 is 5.97 Å². The number of rotatable bonds is 14. The van der Waals surface area contributed by atoms with Crippen molar-refractivity contribution in [3.05, 3.63) is 12.7 Å². The van der Waals surface area contributed by atoms with E-state index in [2.05, 4.69) is 61.4 Å². The third kappa shape index (κ3) is 5.79. The highest BCUT2D eigenvalue weighted by molar-refractivity contribution is 6.74. The Bertz CT molecular complexity index is 1110.